The second-order valence-electron chi connectivity index (χ2n) is 8.13. The number of nitrogens with one attached hydrogen (secondary N) is 1. The van der Waals surface area contributed by atoms with Gasteiger partial charge >= 0.3 is 0 Å². The van der Waals surface area contributed by atoms with Crippen molar-refractivity contribution in [3.05, 3.63) is 79.0 Å². The molecule has 1 N–H and O–H groups in total. The second kappa shape index (κ2) is 9.78. The maximum absolute atomic E-state index is 13.1. The molecule has 10 heteroatoms. The molecule has 0 atom stereocenters. The van der Waals surface area contributed by atoms with Gasteiger partial charge in [-0.25, -0.2) is 17.8 Å². The lowest BCUT2D eigenvalue weighted by Gasteiger charge is -2.09. The van der Waals surface area contributed by atoms with Gasteiger partial charge in [-0.05, 0) is 62.4 Å². The highest BCUT2D eigenvalue weighted by Crippen LogP contribution is 2.31. The van der Waals surface area contributed by atoms with Crippen LogP contribution in [-0.4, -0.2) is 24.1 Å². The minimum Gasteiger partial charge on any atom is -0.266 e. The Labute approximate surface area is 211 Å². The normalized spacial score (nSPS) is 13.9. The Balaban J connectivity index is 1.69. The highest BCUT2D eigenvalue weighted by Gasteiger charge is 2.28. The van der Waals surface area contributed by atoms with Crippen LogP contribution in [0.4, 0.5) is 0 Å². The first-order valence-corrected chi connectivity index (χ1v) is 13.7. The fourth-order valence-corrected chi connectivity index (χ4v) is 6.22. The summed E-state index contributed by atoms with van der Waals surface area (Å²) >= 11 is 15.8. The molecule has 4 rings (SSSR count). The zero-order valence-electron chi connectivity index (χ0n) is 17.9. The maximum atomic E-state index is 13.1. The van der Waals surface area contributed by atoms with Gasteiger partial charge in [0.05, 0.1) is 16.5 Å². The van der Waals surface area contributed by atoms with Gasteiger partial charge in [0.25, 0.3) is 5.91 Å². The van der Waals surface area contributed by atoms with Crippen molar-refractivity contribution >= 4 is 55.1 Å². The van der Waals surface area contributed by atoms with Crippen molar-refractivity contribution in [1.82, 2.24) is 14.5 Å². The van der Waals surface area contributed by atoms with Gasteiger partial charge in [0.2, 0.25) is 10.0 Å². The van der Waals surface area contributed by atoms with Crippen LogP contribution in [0.15, 0.2) is 40.9 Å². The first-order chi connectivity index (χ1) is 15.6. The number of aryl methyl sites for hydroxylation is 1. The number of amides is 1. The van der Waals surface area contributed by atoms with Crippen molar-refractivity contribution in [1.29, 1.82) is 0 Å². The molecule has 0 radical (unpaired) electrons. The number of rotatable bonds is 5. The molecule has 1 amide bonds. The number of aromatic nitrogens is 2. The number of hydrogen-bond acceptors (Lipinski definition) is 4. The van der Waals surface area contributed by atoms with Crippen LogP contribution >= 0.6 is 39.1 Å². The molecule has 2 aromatic carbocycles. The van der Waals surface area contributed by atoms with Gasteiger partial charge in [-0.15, -0.1) is 0 Å². The van der Waals surface area contributed by atoms with Gasteiger partial charge in [-0.3, -0.25) is 4.79 Å². The van der Waals surface area contributed by atoms with Gasteiger partial charge in [-0.1, -0.05) is 63.2 Å². The van der Waals surface area contributed by atoms with E-state index < -0.39 is 15.9 Å². The third kappa shape index (κ3) is 5.45. The molecule has 33 heavy (non-hydrogen) atoms. The summed E-state index contributed by atoms with van der Waals surface area (Å²) in [5.74, 6) is -1.06. The summed E-state index contributed by atoms with van der Waals surface area (Å²) in [6, 6.07) is 10.5. The molecule has 0 saturated carbocycles. The monoisotopic (exact) mass is 569 g/mol. The predicted molar refractivity (Wildman–Crippen MR) is 134 cm³/mol. The second-order valence-corrected chi connectivity index (χ2v) is 11.5. The summed E-state index contributed by atoms with van der Waals surface area (Å²) in [5, 5.41) is 5.42. The molecule has 0 bridgehead atoms. The van der Waals surface area contributed by atoms with E-state index in [1.807, 2.05) is 13.0 Å². The highest BCUT2D eigenvalue weighted by atomic mass is 79.9. The number of nitrogens with zero attached hydrogens (tertiary/aromatic N) is 2. The zero-order valence-corrected chi connectivity index (χ0v) is 21.8. The summed E-state index contributed by atoms with van der Waals surface area (Å²) in [7, 11) is -3.95. The number of carbonyl (C=O) groups is 1. The third-order valence-corrected chi connectivity index (χ3v) is 8.08. The van der Waals surface area contributed by atoms with Crippen molar-refractivity contribution in [2.45, 2.75) is 44.8 Å². The molecule has 0 spiro atoms. The van der Waals surface area contributed by atoms with E-state index in [4.69, 9.17) is 23.2 Å². The van der Waals surface area contributed by atoms with E-state index in [-0.39, 0.29) is 11.4 Å². The Morgan fingerprint density at radius 2 is 1.88 bits per heavy atom. The minimum atomic E-state index is -3.95. The van der Waals surface area contributed by atoms with Crippen molar-refractivity contribution in [2.24, 2.45) is 0 Å². The molecule has 3 aromatic rings. The Bertz CT molecular complexity index is 1340. The summed E-state index contributed by atoms with van der Waals surface area (Å²) in [6.07, 6.45) is 4.23. The third-order valence-electron chi connectivity index (χ3n) is 5.58. The zero-order chi connectivity index (χ0) is 23.8. The van der Waals surface area contributed by atoms with Crippen molar-refractivity contribution < 1.29 is 13.2 Å². The van der Waals surface area contributed by atoms with E-state index in [0.29, 0.717) is 32.2 Å². The molecule has 174 valence electrons. The van der Waals surface area contributed by atoms with E-state index in [1.54, 1.807) is 35.0 Å². The summed E-state index contributed by atoms with van der Waals surface area (Å²) < 4.78 is 30.2. The lowest BCUT2D eigenvalue weighted by molar-refractivity contribution is 0.0975. The number of halogens is 3. The molecule has 0 fully saturated rings. The van der Waals surface area contributed by atoms with Crippen LogP contribution in [0.5, 0.6) is 0 Å². The largest absolute Gasteiger partial charge is 0.285 e. The van der Waals surface area contributed by atoms with Crippen LogP contribution in [0.2, 0.25) is 10.0 Å². The minimum absolute atomic E-state index is 0.116. The molecule has 0 unspecified atom stereocenters. The van der Waals surface area contributed by atoms with E-state index >= 15 is 0 Å². The summed E-state index contributed by atoms with van der Waals surface area (Å²) in [4.78, 5) is 13.1. The van der Waals surface area contributed by atoms with Gasteiger partial charge < -0.3 is 0 Å². The van der Waals surface area contributed by atoms with Crippen molar-refractivity contribution in [3.63, 3.8) is 0 Å². The van der Waals surface area contributed by atoms with Gasteiger partial charge in [0, 0.05) is 20.8 Å². The fourth-order valence-electron chi connectivity index (χ4n) is 4.05. The summed E-state index contributed by atoms with van der Waals surface area (Å²) in [5.41, 5.74) is 3.87. The first kappa shape index (κ1) is 24.3. The number of hydrogen-bond donors (Lipinski definition) is 1. The number of benzene rings is 2. The fraction of sp³-hybridized carbons (Fsp3) is 0.304. The van der Waals surface area contributed by atoms with Crippen LogP contribution in [0.1, 0.15) is 52.1 Å². The Kier molecular flexibility index (Phi) is 7.19. The molecule has 0 aliphatic heterocycles. The molecule has 1 aliphatic carbocycles. The van der Waals surface area contributed by atoms with Crippen LogP contribution < -0.4 is 4.72 Å². The standard InChI is InChI=1S/C23H22BrCl2N3O3S/c1-14-7-9-18(24)15(11-14)13-33(31,32)28-23(30)22-17-5-3-2-4-6-20(17)29(27-22)21-10-8-16(25)12-19(21)26/h7-12H,2-6,13H2,1H3,(H,28,30). The number of carbonyl (C=O) groups excluding carboxylic acids is 1. The molecule has 0 saturated heterocycles. The molecular formula is C23H22BrCl2N3O3S. The van der Waals surface area contributed by atoms with Crippen LogP contribution in [0.3, 0.4) is 0 Å². The van der Waals surface area contributed by atoms with Crippen molar-refractivity contribution in [2.75, 3.05) is 0 Å². The van der Waals surface area contributed by atoms with E-state index in [1.165, 1.54) is 0 Å². The van der Waals surface area contributed by atoms with Crippen molar-refractivity contribution in [3.8, 4) is 5.69 Å². The van der Waals surface area contributed by atoms with Gasteiger partial charge in [0.15, 0.2) is 5.69 Å². The average molecular weight is 571 g/mol. The van der Waals surface area contributed by atoms with Crippen LogP contribution in [0.25, 0.3) is 5.69 Å². The number of sulfonamides is 1. The van der Waals surface area contributed by atoms with E-state index in [0.717, 1.165) is 42.5 Å². The Hall–Kier alpha value is -1.87. The quantitative estimate of drug-likeness (QED) is 0.394. The number of fused-ring (bicyclic) bond motifs is 1. The maximum Gasteiger partial charge on any atom is 0.285 e. The van der Waals surface area contributed by atoms with E-state index in [2.05, 4.69) is 25.8 Å². The van der Waals surface area contributed by atoms with Crippen LogP contribution in [-0.2, 0) is 28.6 Å². The van der Waals surface area contributed by atoms with Gasteiger partial charge in [0.1, 0.15) is 0 Å². The lowest BCUT2D eigenvalue weighted by atomic mass is 10.1. The molecule has 1 aliphatic rings. The highest BCUT2D eigenvalue weighted by molar-refractivity contribution is 9.10. The summed E-state index contributed by atoms with van der Waals surface area (Å²) in [6.45, 7) is 1.88. The Morgan fingerprint density at radius 1 is 1.12 bits per heavy atom. The SMILES string of the molecule is Cc1ccc(Br)c(CS(=O)(=O)NC(=O)c2nn(-c3ccc(Cl)cc3Cl)c3c2CCCCC3)c1. The molecule has 1 aromatic heterocycles. The van der Waals surface area contributed by atoms with E-state index in [9.17, 15) is 13.2 Å². The Morgan fingerprint density at radius 3 is 2.64 bits per heavy atom. The molecule has 6 nitrogen and oxygen atoms in total. The lowest BCUT2D eigenvalue weighted by Crippen LogP contribution is -2.32. The van der Waals surface area contributed by atoms with Crippen LogP contribution in [0, 0.1) is 6.92 Å². The topological polar surface area (TPSA) is 81.1 Å². The van der Waals surface area contributed by atoms with Gasteiger partial charge in [-0.2, -0.15) is 5.10 Å². The smallest absolute Gasteiger partial charge is 0.266 e. The predicted octanol–water partition coefficient (Wildman–Crippen LogP) is 5.78. The average Bonchev–Trinajstić information content (AvgIpc) is 2.91. The molecule has 1 heterocycles. The first-order valence-electron chi connectivity index (χ1n) is 10.5. The molecular weight excluding hydrogens is 549 g/mol.